The number of imidazole rings is 1. The van der Waals surface area contributed by atoms with Gasteiger partial charge in [0.15, 0.2) is 0 Å². The maximum absolute atomic E-state index is 12.7. The summed E-state index contributed by atoms with van der Waals surface area (Å²) in [6, 6.07) is 12.8. The summed E-state index contributed by atoms with van der Waals surface area (Å²) >= 11 is 0. The van der Waals surface area contributed by atoms with Crippen LogP contribution in [-0.2, 0) is 0 Å². The highest BCUT2D eigenvalue weighted by Gasteiger charge is 2.21. The molecule has 0 bridgehead atoms. The van der Waals surface area contributed by atoms with Crippen LogP contribution in [0.4, 0.5) is 5.69 Å². The summed E-state index contributed by atoms with van der Waals surface area (Å²) in [5.74, 6) is 0. The first-order valence-electron chi connectivity index (χ1n) is 10.0. The fourth-order valence-electron chi connectivity index (χ4n) is 4.25. The monoisotopic (exact) mass is 388 g/mol. The summed E-state index contributed by atoms with van der Waals surface area (Å²) in [7, 11) is 0. The predicted molar refractivity (Wildman–Crippen MR) is 116 cm³/mol. The van der Waals surface area contributed by atoms with Crippen LogP contribution in [0.3, 0.4) is 0 Å². The Bertz CT molecular complexity index is 1260. The molecule has 1 aromatic carbocycles. The first kappa shape index (κ1) is 17.9. The molecule has 6 heteroatoms. The van der Waals surface area contributed by atoms with Gasteiger partial charge < -0.3 is 19.0 Å². The zero-order chi connectivity index (χ0) is 20.1. The van der Waals surface area contributed by atoms with Gasteiger partial charge in [-0.05, 0) is 50.6 Å². The van der Waals surface area contributed by atoms with Crippen molar-refractivity contribution in [3.8, 4) is 11.3 Å². The number of nitrogens with one attached hydrogen (secondary N) is 1. The lowest BCUT2D eigenvalue weighted by molar-refractivity contribution is 0.407. The molecule has 2 unspecified atom stereocenters. The lowest BCUT2D eigenvalue weighted by Crippen LogP contribution is -2.54. The highest BCUT2D eigenvalue weighted by Crippen LogP contribution is 2.26. The van der Waals surface area contributed by atoms with Crippen molar-refractivity contribution in [1.82, 2.24) is 14.7 Å². The number of anilines is 1. The topological polar surface area (TPSA) is 62.8 Å². The summed E-state index contributed by atoms with van der Waals surface area (Å²) in [6.07, 6.45) is 3.87. The van der Waals surface area contributed by atoms with Crippen molar-refractivity contribution >= 4 is 22.3 Å². The normalized spacial score (nSPS) is 19.9. The van der Waals surface area contributed by atoms with Gasteiger partial charge >= 0.3 is 5.63 Å². The van der Waals surface area contributed by atoms with E-state index < -0.39 is 0 Å². The molecule has 1 aliphatic rings. The summed E-state index contributed by atoms with van der Waals surface area (Å²) in [5, 5.41) is 4.44. The molecule has 1 N–H and O–H groups in total. The Balaban J connectivity index is 1.55. The quantitative estimate of drug-likeness (QED) is 0.532. The summed E-state index contributed by atoms with van der Waals surface area (Å²) in [6.45, 7) is 8.26. The lowest BCUT2D eigenvalue weighted by Gasteiger charge is -2.37. The van der Waals surface area contributed by atoms with E-state index in [-0.39, 0.29) is 5.63 Å². The van der Waals surface area contributed by atoms with Gasteiger partial charge in [-0.2, -0.15) is 0 Å². The Morgan fingerprint density at radius 1 is 1.07 bits per heavy atom. The molecule has 0 radical (unpaired) electrons. The van der Waals surface area contributed by atoms with Gasteiger partial charge in [0.1, 0.15) is 11.2 Å². The molecule has 5 rings (SSSR count). The number of aryl methyl sites for hydroxylation is 1. The van der Waals surface area contributed by atoms with Gasteiger partial charge in [-0.15, -0.1) is 0 Å². The second kappa shape index (κ2) is 6.74. The van der Waals surface area contributed by atoms with Crippen LogP contribution in [0.2, 0.25) is 0 Å². The minimum atomic E-state index is -0.364. The lowest BCUT2D eigenvalue weighted by atomic mass is 10.1. The molecule has 2 atom stereocenters. The molecule has 0 spiro atoms. The van der Waals surface area contributed by atoms with Crippen LogP contribution in [0.25, 0.3) is 27.9 Å². The van der Waals surface area contributed by atoms with E-state index in [1.807, 2.05) is 54.0 Å². The second-order valence-corrected chi connectivity index (χ2v) is 8.14. The van der Waals surface area contributed by atoms with Gasteiger partial charge in [0, 0.05) is 54.7 Å². The maximum Gasteiger partial charge on any atom is 0.345 e. The Morgan fingerprint density at radius 3 is 2.66 bits per heavy atom. The molecule has 1 saturated heterocycles. The molecule has 3 aromatic heterocycles. The number of fused-ring (bicyclic) bond motifs is 2. The van der Waals surface area contributed by atoms with Gasteiger partial charge in [0.05, 0.1) is 11.3 Å². The smallest absolute Gasteiger partial charge is 0.345 e. The summed E-state index contributed by atoms with van der Waals surface area (Å²) in [4.78, 5) is 19.7. The van der Waals surface area contributed by atoms with E-state index in [1.54, 1.807) is 0 Å². The molecule has 6 nitrogen and oxygen atoms in total. The van der Waals surface area contributed by atoms with E-state index in [0.29, 0.717) is 28.9 Å². The number of rotatable bonds is 2. The van der Waals surface area contributed by atoms with Crippen LogP contribution in [0.15, 0.2) is 58.0 Å². The Labute approximate surface area is 168 Å². The van der Waals surface area contributed by atoms with Crippen molar-refractivity contribution in [2.75, 3.05) is 18.0 Å². The largest absolute Gasteiger partial charge is 0.422 e. The third kappa shape index (κ3) is 3.29. The van der Waals surface area contributed by atoms with Crippen LogP contribution in [0.5, 0.6) is 0 Å². The minimum Gasteiger partial charge on any atom is -0.422 e. The van der Waals surface area contributed by atoms with E-state index in [4.69, 9.17) is 4.42 Å². The summed E-state index contributed by atoms with van der Waals surface area (Å²) in [5.41, 5.74) is 4.37. The molecule has 1 fully saturated rings. The van der Waals surface area contributed by atoms with Crippen molar-refractivity contribution < 1.29 is 4.42 Å². The fourth-order valence-corrected chi connectivity index (χ4v) is 4.25. The van der Waals surface area contributed by atoms with E-state index in [2.05, 4.69) is 35.1 Å². The Hall–Kier alpha value is -3.12. The van der Waals surface area contributed by atoms with E-state index in [0.717, 1.165) is 35.4 Å². The van der Waals surface area contributed by atoms with Crippen molar-refractivity contribution in [2.45, 2.75) is 32.9 Å². The highest BCUT2D eigenvalue weighted by atomic mass is 16.4. The zero-order valence-corrected chi connectivity index (χ0v) is 16.8. The van der Waals surface area contributed by atoms with Crippen molar-refractivity contribution in [1.29, 1.82) is 0 Å². The van der Waals surface area contributed by atoms with Gasteiger partial charge in [-0.3, -0.25) is 0 Å². The van der Waals surface area contributed by atoms with Crippen molar-refractivity contribution in [3.63, 3.8) is 0 Å². The molecular weight excluding hydrogens is 364 g/mol. The van der Waals surface area contributed by atoms with Crippen LogP contribution in [0, 0.1) is 6.92 Å². The van der Waals surface area contributed by atoms with Gasteiger partial charge in [0.2, 0.25) is 0 Å². The van der Waals surface area contributed by atoms with Gasteiger partial charge in [-0.25, -0.2) is 9.78 Å². The van der Waals surface area contributed by atoms with E-state index >= 15 is 0 Å². The third-order valence-electron chi connectivity index (χ3n) is 5.52. The number of aromatic nitrogens is 2. The number of piperazine rings is 1. The number of hydrogen-bond acceptors (Lipinski definition) is 5. The first-order valence-corrected chi connectivity index (χ1v) is 10.0. The first-order chi connectivity index (χ1) is 14.0. The van der Waals surface area contributed by atoms with Crippen LogP contribution in [-0.4, -0.2) is 34.6 Å². The molecule has 4 heterocycles. The average molecular weight is 388 g/mol. The molecule has 4 aromatic rings. The van der Waals surface area contributed by atoms with Gasteiger partial charge in [-0.1, -0.05) is 6.07 Å². The minimum absolute atomic E-state index is 0.364. The maximum atomic E-state index is 12.7. The Morgan fingerprint density at radius 2 is 1.86 bits per heavy atom. The number of pyridine rings is 1. The summed E-state index contributed by atoms with van der Waals surface area (Å²) < 4.78 is 7.64. The molecular formula is C23H24N4O2. The molecule has 1 aliphatic heterocycles. The Kier molecular flexibility index (Phi) is 4.17. The fraction of sp³-hybridized carbons (Fsp3) is 0.304. The molecule has 0 saturated carbocycles. The zero-order valence-electron chi connectivity index (χ0n) is 16.8. The van der Waals surface area contributed by atoms with Crippen molar-refractivity contribution in [2.24, 2.45) is 0 Å². The number of hydrogen-bond donors (Lipinski definition) is 1. The van der Waals surface area contributed by atoms with Gasteiger partial charge in [0.25, 0.3) is 0 Å². The second-order valence-electron chi connectivity index (χ2n) is 8.14. The van der Waals surface area contributed by atoms with Crippen LogP contribution >= 0.6 is 0 Å². The average Bonchev–Trinajstić information content (AvgIpc) is 3.09. The molecule has 0 aliphatic carbocycles. The standard InChI is InChI=1S/C23H24N4O2/c1-14-4-7-22-25-20(13-27(22)10-14)19-8-17-5-6-18(9-21(17)29-23(19)28)26-11-15(2)24-16(3)12-26/h4-10,13,15-16,24H,11-12H2,1-3H3. The SMILES string of the molecule is Cc1ccc2nc(-c3cc4ccc(N5CC(C)NC(C)C5)cc4oc3=O)cn2c1. The van der Waals surface area contributed by atoms with E-state index in [9.17, 15) is 4.79 Å². The highest BCUT2D eigenvalue weighted by molar-refractivity contribution is 5.84. The van der Waals surface area contributed by atoms with Crippen molar-refractivity contribution in [3.05, 3.63) is 64.8 Å². The van der Waals surface area contributed by atoms with Crippen LogP contribution < -0.4 is 15.8 Å². The predicted octanol–water partition coefficient (Wildman–Crippen LogP) is 3.60. The molecule has 29 heavy (non-hydrogen) atoms. The van der Waals surface area contributed by atoms with Crippen LogP contribution in [0.1, 0.15) is 19.4 Å². The third-order valence-corrected chi connectivity index (χ3v) is 5.52. The number of nitrogens with zero attached hydrogens (tertiary/aromatic N) is 3. The van der Waals surface area contributed by atoms with E-state index in [1.165, 1.54) is 0 Å². The number of benzene rings is 1. The molecule has 148 valence electrons. The molecule has 0 amide bonds.